The van der Waals surface area contributed by atoms with Crippen molar-refractivity contribution < 1.29 is 19.5 Å². The molecule has 5 N–H and O–H groups in total. The molecule has 0 fully saturated rings. The molecule has 7 nitrogen and oxygen atoms in total. The molecule has 1 heterocycles. The number of aromatic nitrogens is 1. The number of nitrogens with one attached hydrogen (secondary N) is 2. The van der Waals surface area contributed by atoms with Crippen LogP contribution in [-0.4, -0.2) is 33.9 Å². The molecule has 0 saturated carbocycles. The van der Waals surface area contributed by atoms with E-state index in [1.807, 2.05) is 0 Å². The maximum Gasteiger partial charge on any atom is 0.326 e. The summed E-state index contributed by atoms with van der Waals surface area (Å²) in [5.74, 6) is -2.34. The van der Waals surface area contributed by atoms with Gasteiger partial charge >= 0.3 is 5.97 Å². The quantitative estimate of drug-likeness (QED) is 0.532. The van der Waals surface area contributed by atoms with Gasteiger partial charge in [-0.3, -0.25) is 9.59 Å². The molecule has 1 atom stereocenters. The molecule has 0 unspecified atom stereocenters. The Bertz CT molecular complexity index is 413. The van der Waals surface area contributed by atoms with Gasteiger partial charge in [0.05, 0.1) is 0 Å². The molecule has 0 aliphatic heterocycles. The van der Waals surface area contributed by atoms with E-state index in [-0.39, 0.29) is 18.5 Å². The second-order valence-electron chi connectivity index (χ2n) is 3.45. The highest BCUT2D eigenvalue weighted by Gasteiger charge is 2.21. The van der Waals surface area contributed by atoms with Crippen molar-refractivity contribution in [2.24, 2.45) is 5.73 Å². The maximum absolute atomic E-state index is 11.5. The molecule has 7 heteroatoms. The predicted molar refractivity (Wildman–Crippen MR) is 58.1 cm³/mol. The van der Waals surface area contributed by atoms with E-state index in [4.69, 9.17) is 10.8 Å². The molecule has 0 bridgehead atoms. The Hall–Kier alpha value is -2.31. The summed E-state index contributed by atoms with van der Waals surface area (Å²) in [6.07, 6.45) is 1.42. The van der Waals surface area contributed by atoms with E-state index in [1.165, 1.54) is 6.07 Å². The Morgan fingerprint density at radius 3 is 2.65 bits per heavy atom. The van der Waals surface area contributed by atoms with Crippen LogP contribution in [0.5, 0.6) is 0 Å². The van der Waals surface area contributed by atoms with Crippen LogP contribution >= 0.6 is 0 Å². The van der Waals surface area contributed by atoms with Gasteiger partial charge in [0, 0.05) is 12.6 Å². The molecule has 17 heavy (non-hydrogen) atoms. The van der Waals surface area contributed by atoms with Crippen molar-refractivity contribution >= 4 is 17.8 Å². The zero-order valence-corrected chi connectivity index (χ0v) is 8.97. The summed E-state index contributed by atoms with van der Waals surface area (Å²) in [4.78, 5) is 35.6. The lowest BCUT2D eigenvalue weighted by Gasteiger charge is -2.12. The van der Waals surface area contributed by atoms with Gasteiger partial charge in [-0.25, -0.2) is 4.79 Å². The number of carbonyl (C=O) groups is 3. The molecule has 0 spiro atoms. The SMILES string of the molecule is NC(=O)CC[C@@H](NC(=O)c1ccc[nH]1)C(=O)O. The first-order valence-corrected chi connectivity index (χ1v) is 4.96. The number of amides is 2. The van der Waals surface area contributed by atoms with Crippen molar-refractivity contribution in [1.82, 2.24) is 10.3 Å². The van der Waals surface area contributed by atoms with E-state index >= 15 is 0 Å². The van der Waals surface area contributed by atoms with Crippen molar-refractivity contribution in [3.63, 3.8) is 0 Å². The first-order valence-electron chi connectivity index (χ1n) is 4.96. The fourth-order valence-corrected chi connectivity index (χ4v) is 1.25. The number of carboxylic acids is 1. The molecule has 1 rings (SSSR count). The van der Waals surface area contributed by atoms with Crippen molar-refractivity contribution in [3.8, 4) is 0 Å². The van der Waals surface area contributed by atoms with Crippen LogP contribution in [-0.2, 0) is 9.59 Å². The van der Waals surface area contributed by atoms with E-state index in [2.05, 4.69) is 10.3 Å². The summed E-state index contributed by atoms with van der Waals surface area (Å²) in [7, 11) is 0. The highest BCUT2D eigenvalue weighted by molar-refractivity contribution is 5.95. The average Bonchev–Trinajstić information content (AvgIpc) is 2.76. The summed E-state index contributed by atoms with van der Waals surface area (Å²) in [6, 6.07) is 2.01. The molecule has 1 aromatic rings. The van der Waals surface area contributed by atoms with E-state index in [0.717, 1.165) is 0 Å². The van der Waals surface area contributed by atoms with Gasteiger partial charge in [-0.05, 0) is 18.6 Å². The van der Waals surface area contributed by atoms with Crippen LogP contribution in [0.25, 0.3) is 0 Å². The molecular weight excluding hydrogens is 226 g/mol. The highest BCUT2D eigenvalue weighted by atomic mass is 16.4. The molecule has 1 aromatic heterocycles. The molecule has 0 radical (unpaired) electrons. The number of rotatable bonds is 6. The number of carboxylic acid groups (broad SMARTS) is 1. The minimum Gasteiger partial charge on any atom is -0.480 e. The lowest BCUT2D eigenvalue weighted by atomic mass is 10.1. The minimum atomic E-state index is -1.20. The number of hydrogen-bond donors (Lipinski definition) is 4. The number of primary amides is 1. The molecule has 0 aliphatic carbocycles. The van der Waals surface area contributed by atoms with Gasteiger partial charge < -0.3 is 21.1 Å². The summed E-state index contributed by atoms with van der Waals surface area (Å²) >= 11 is 0. The second kappa shape index (κ2) is 5.69. The van der Waals surface area contributed by atoms with Crippen LogP contribution in [0.1, 0.15) is 23.3 Å². The lowest BCUT2D eigenvalue weighted by Crippen LogP contribution is -2.41. The van der Waals surface area contributed by atoms with E-state index in [9.17, 15) is 14.4 Å². The third kappa shape index (κ3) is 3.98. The summed E-state index contributed by atoms with van der Waals surface area (Å²) in [6.45, 7) is 0. The van der Waals surface area contributed by atoms with Gasteiger partial charge in [-0.15, -0.1) is 0 Å². The van der Waals surface area contributed by atoms with Gasteiger partial charge in [0.25, 0.3) is 5.91 Å². The first-order chi connectivity index (χ1) is 8.00. The van der Waals surface area contributed by atoms with Crippen molar-refractivity contribution in [2.45, 2.75) is 18.9 Å². The van der Waals surface area contributed by atoms with Crippen molar-refractivity contribution in [3.05, 3.63) is 24.0 Å². The first kappa shape index (κ1) is 12.8. The summed E-state index contributed by atoms with van der Waals surface area (Å²) < 4.78 is 0. The van der Waals surface area contributed by atoms with Gasteiger partial charge in [-0.1, -0.05) is 0 Å². The van der Waals surface area contributed by atoms with Crippen LogP contribution in [0.3, 0.4) is 0 Å². The standard InChI is InChI=1S/C10H13N3O4/c11-8(14)4-3-7(10(16)17)13-9(15)6-2-1-5-12-6/h1-2,5,7,12H,3-4H2,(H2,11,14)(H,13,15)(H,16,17)/t7-/m1/s1. The lowest BCUT2D eigenvalue weighted by molar-refractivity contribution is -0.139. The largest absolute Gasteiger partial charge is 0.480 e. The average molecular weight is 239 g/mol. The molecule has 0 aliphatic rings. The van der Waals surface area contributed by atoms with Gasteiger partial charge in [0.1, 0.15) is 11.7 Å². The minimum absolute atomic E-state index is 0.0306. The highest BCUT2D eigenvalue weighted by Crippen LogP contribution is 2.00. The maximum atomic E-state index is 11.5. The van der Waals surface area contributed by atoms with E-state index in [1.54, 1.807) is 12.3 Å². The molecule has 2 amide bonds. The number of aromatic amines is 1. The van der Waals surface area contributed by atoms with Crippen LogP contribution in [0.4, 0.5) is 0 Å². The zero-order chi connectivity index (χ0) is 12.8. The number of hydrogen-bond acceptors (Lipinski definition) is 3. The Kier molecular flexibility index (Phi) is 4.27. The summed E-state index contributed by atoms with van der Waals surface area (Å²) in [5.41, 5.74) is 5.18. The fourth-order valence-electron chi connectivity index (χ4n) is 1.25. The zero-order valence-electron chi connectivity index (χ0n) is 8.97. The van der Waals surface area contributed by atoms with Crippen LogP contribution in [0, 0.1) is 0 Å². The van der Waals surface area contributed by atoms with Gasteiger partial charge in [-0.2, -0.15) is 0 Å². The van der Waals surface area contributed by atoms with Crippen LogP contribution < -0.4 is 11.1 Å². The monoisotopic (exact) mass is 239 g/mol. The Morgan fingerprint density at radius 1 is 1.47 bits per heavy atom. The fraction of sp³-hybridized carbons (Fsp3) is 0.300. The normalized spacial score (nSPS) is 11.8. The molecule has 0 aromatic carbocycles. The van der Waals surface area contributed by atoms with Crippen LogP contribution in [0.15, 0.2) is 18.3 Å². The Labute approximate surface area is 97.0 Å². The summed E-state index contributed by atoms with van der Waals surface area (Å²) in [5, 5.41) is 11.2. The Balaban J connectivity index is 2.58. The number of carbonyl (C=O) groups excluding carboxylic acids is 2. The second-order valence-corrected chi connectivity index (χ2v) is 3.45. The third-order valence-electron chi connectivity index (χ3n) is 2.13. The predicted octanol–water partition coefficient (Wildman–Crippen LogP) is -0.537. The van der Waals surface area contributed by atoms with E-state index < -0.39 is 23.8 Å². The molecular formula is C10H13N3O4. The topological polar surface area (TPSA) is 125 Å². The molecule has 92 valence electrons. The Morgan fingerprint density at radius 2 is 2.18 bits per heavy atom. The third-order valence-corrected chi connectivity index (χ3v) is 2.13. The van der Waals surface area contributed by atoms with E-state index in [0.29, 0.717) is 0 Å². The number of H-pyrrole nitrogens is 1. The van der Waals surface area contributed by atoms with Gasteiger partial charge in [0.15, 0.2) is 0 Å². The van der Waals surface area contributed by atoms with Crippen molar-refractivity contribution in [1.29, 1.82) is 0 Å². The van der Waals surface area contributed by atoms with Gasteiger partial charge in [0.2, 0.25) is 5.91 Å². The van der Waals surface area contributed by atoms with Crippen LogP contribution in [0.2, 0.25) is 0 Å². The molecule has 0 saturated heterocycles. The smallest absolute Gasteiger partial charge is 0.326 e. The van der Waals surface area contributed by atoms with Crippen molar-refractivity contribution in [2.75, 3.05) is 0 Å². The number of nitrogens with two attached hydrogens (primary N) is 1. The number of aliphatic carboxylic acids is 1.